The van der Waals surface area contributed by atoms with Gasteiger partial charge in [-0.3, -0.25) is 4.79 Å². The number of hydrogen-bond donors (Lipinski definition) is 1. The Labute approximate surface area is 162 Å². The molecular weight excluding hydrogens is 360 g/mol. The Balaban J connectivity index is 1.53. The van der Waals surface area contributed by atoms with Crippen LogP contribution < -0.4 is 10.1 Å². The fourth-order valence-corrected chi connectivity index (χ4v) is 4.67. The molecule has 140 valence electrons. The van der Waals surface area contributed by atoms with Gasteiger partial charge in [0.2, 0.25) is 5.91 Å². The zero-order valence-corrected chi connectivity index (χ0v) is 16.3. The van der Waals surface area contributed by atoms with Crippen molar-refractivity contribution in [3.63, 3.8) is 0 Å². The number of rotatable bonds is 5. The van der Waals surface area contributed by atoms with Crippen LogP contribution in [0.3, 0.4) is 0 Å². The van der Waals surface area contributed by atoms with Crippen LogP contribution in [0.15, 0.2) is 30.6 Å². The number of benzene rings is 1. The summed E-state index contributed by atoms with van der Waals surface area (Å²) < 4.78 is 5.18. The van der Waals surface area contributed by atoms with Gasteiger partial charge in [0.25, 0.3) is 0 Å². The van der Waals surface area contributed by atoms with Gasteiger partial charge in [-0.25, -0.2) is 9.97 Å². The van der Waals surface area contributed by atoms with Gasteiger partial charge in [-0.1, -0.05) is 12.1 Å². The fourth-order valence-electron chi connectivity index (χ4n) is 3.47. The normalized spacial score (nSPS) is 13.5. The third-order valence-corrected chi connectivity index (χ3v) is 5.97. The van der Waals surface area contributed by atoms with E-state index in [1.165, 1.54) is 10.4 Å². The number of carbonyl (C=O) groups excluding carboxylic acids is 1. The van der Waals surface area contributed by atoms with Crippen LogP contribution in [0, 0.1) is 0 Å². The molecule has 0 atom stereocenters. The molecule has 0 spiro atoms. The van der Waals surface area contributed by atoms with Crippen molar-refractivity contribution >= 4 is 33.3 Å². The first-order chi connectivity index (χ1) is 13.2. The van der Waals surface area contributed by atoms with Crippen LogP contribution in [0.4, 0.5) is 5.82 Å². The maximum atomic E-state index is 12.8. The van der Waals surface area contributed by atoms with E-state index < -0.39 is 0 Å². The Kier molecular flexibility index (Phi) is 4.94. The molecule has 0 aliphatic carbocycles. The van der Waals surface area contributed by atoms with Gasteiger partial charge < -0.3 is 15.0 Å². The van der Waals surface area contributed by atoms with E-state index in [4.69, 9.17) is 4.74 Å². The van der Waals surface area contributed by atoms with Gasteiger partial charge in [0.05, 0.1) is 25.5 Å². The van der Waals surface area contributed by atoms with Gasteiger partial charge in [0, 0.05) is 18.0 Å². The number of carbonyl (C=O) groups is 1. The smallest absolute Gasteiger partial charge is 0.227 e. The molecule has 0 saturated heterocycles. The minimum Gasteiger partial charge on any atom is -0.497 e. The molecule has 2 aromatic heterocycles. The third-order valence-electron chi connectivity index (χ3n) is 4.85. The summed E-state index contributed by atoms with van der Waals surface area (Å²) >= 11 is 1.67. The molecule has 3 heterocycles. The van der Waals surface area contributed by atoms with E-state index in [1.54, 1.807) is 24.8 Å². The van der Waals surface area contributed by atoms with Crippen molar-refractivity contribution in [2.24, 2.45) is 0 Å². The highest BCUT2D eigenvalue weighted by Crippen LogP contribution is 2.37. The monoisotopic (exact) mass is 382 g/mol. The van der Waals surface area contributed by atoms with Gasteiger partial charge >= 0.3 is 0 Å². The predicted molar refractivity (Wildman–Crippen MR) is 107 cm³/mol. The second kappa shape index (κ2) is 7.52. The predicted octanol–water partition coefficient (Wildman–Crippen LogP) is 3.26. The number of nitrogens with one attached hydrogen (secondary N) is 1. The standard InChI is InChI=1S/C20H22N4O2S/c1-3-21-19-18-15-8-9-24(11-16(15)27-20(18)23-12-22-19)17(25)10-13-4-6-14(26-2)7-5-13/h4-7,12H,3,8-11H2,1-2H3,(H,21,22,23). The average molecular weight is 382 g/mol. The quantitative estimate of drug-likeness (QED) is 0.734. The minimum atomic E-state index is 0.154. The molecular formula is C20H22N4O2S. The Morgan fingerprint density at radius 1 is 1.30 bits per heavy atom. The maximum absolute atomic E-state index is 12.8. The van der Waals surface area contributed by atoms with E-state index in [2.05, 4.69) is 22.2 Å². The molecule has 1 aliphatic heterocycles. The van der Waals surface area contributed by atoms with E-state index in [-0.39, 0.29) is 5.91 Å². The number of hydrogen-bond acceptors (Lipinski definition) is 6. The number of methoxy groups -OCH3 is 1. The summed E-state index contributed by atoms with van der Waals surface area (Å²) in [5.41, 5.74) is 2.29. The SMILES string of the molecule is CCNc1ncnc2sc3c(c12)CCN(C(=O)Cc1ccc(OC)cc1)C3. The summed E-state index contributed by atoms with van der Waals surface area (Å²) in [4.78, 5) is 25.8. The van der Waals surface area contributed by atoms with Gasteiger partial charge in [-0.05, 0) is 36.6 Å². The number of amides is 1. The number of ether oxygens (including phenoxy) is 1. The van der Waals surface area contributed by atoms with Crippen LogP contribution in [0.25, 0.3) is 10.2 Å². The maximum Gasteiger partial charge on any atom is 0.227 e. The van der Waals surface area contributed by atoms with Crippen LogP contribution >= 0.6 is 11.3 Å². The first-order valence-corrected chi connectivity index (χ1v) is 9.91. The summed E-state index contributed by atoms with van der Waals surface area (Å²) in [6.07, 6.45) is 2.86. The molecule has 6 nitrogen and oxygen atoms in total. The van der Waals surface area contributed by atoms with Gasteiger partial charge in [-0.2, -0.15) is 0 Å². The lowest BCUT2D eigenvalue weighted by molar-refractivity contribution is -0.131. The van der Waals surface area contributed by atoms with Crippen LogP contribution in [0.1, 0.15) is 22.9 Å². The van der Waals surface area contributed by atoms with Gasteiger partial charge in [0.15, 0.2) is 0 Å². The van der Waals surface area contributed by atoms with Crippen molar-refractivity contribution in [1.82, 2.24) is 14.9 Å². The van der Waals surface area contributed by atoms with Gasteiger partial charge in [-0.15, -0.1) is 11.3 Å². The average Bonchev–Trinajstić information content (AvgIpc) is 3.07. The molecule has 0 fully saturated rings. The van der Waals surface area contributed by atoms with E-state index in [0.717, 1.165) is 46.9 Å². The molecule has 0 bridgehead atoms. The highest BCUT2D eigenvalue weighted by Gasteiger charge is 2.26. The minimum absolute atomic E-state index is 0.154. The van der Waals surface area contributed by atoms with Crippen molar-refractivity contribution in [2.45, 2.75) is 26.3 Å². The lowest BCUT2D eigenvalue weighted by Crippen LogP contribution is -2.36. The Morgan fingerprint density at radius 2 is 2.11 bits per heavy atom. The van der Waals surface area contributed by atoms with Crippen molar-refractivity contribution in [2.75, 3.05) is 25.5 Å². The summed E-state index contributed by atoms with van der Waals surface area (Å²) in [6.45, 7) is 4.26. The summed E-state index contributed by atoms with van der Waals surface area (Å²) in [7, 11) is 1.64. The van der Waals surface area contributed by atoms with Crippen molar-refractivity contribution in [1.29, 1.82) is 0 Å². The highest BCUT2D eigenvalue weighted by atomic mass is 32.1. The highest BCUT2D eigenvalue weighted by molar-refractivity contribution is 7.19. The zero-order chi connectivity index (χ0) is 18.8. The first-order valence-electron chi connectivity index (χ1n) is 9.09. The largest absolute Gasteiger partial charge is 0.497 e. The lowest BCUT2D eigenvalue weighted by atomic mass is 10.0. The Hall–Kier alpha value is -2.67. The molecule has 7 heteroatoms. The first kappa shape index (κ1) is 17.7. The van der Waals surface area contributed by atoms with Crippen molar-refractivity contribution < 1.29 is 9.53 Å². The molecule has 27 heavy (non-hydrogen) atoms. The molecule has 1 amide bonds. The van der Waals surface area contributed by atoms with Crippen molar-refractivity contribution in [3.8, 4) is 5.75 Å². The topological polar surface area (TPSA) is 67.4 Å². The summed E-state index contributed by atoms with van der Waals surface area (Å²) in [5.74, 6) is 1.86. The zero-order valence-electron chi connectivity index (χ0n) is 15.5. The van der Waals surface area contributed by atoms with E-state index in [0.29, 0.717) is 13.0 Å². The van der Waals surface area contributed by atoms with Gasteiger partial charge in [0.1, 0.15) is 22.7 Å². The summed E-state index contributed by atoms with van der Waals surface area (Å²) in [5, 5.41) is 4.45. The third kappa shape index (κ3) is 3.47. The van der Waals surface area contributed by atoms with E-state index in [9.17, 15) is 4.79 Å². The number of thiophene rings is 1. The van der Waals surface area contributed by atoms with E-state index in [1.807, 2.05) is 29.2 Å². The number of nitrogens with zero attached hydrogens (tertiary/aromatic N) is 3. The second-order valence-electron chi connectivity index (χ2n) is 6.53. The van der Waals surface area contributed by atoms with Crippen molar-refractivity contribution in [3.05, 3.63) is 46.6 Å². The molecule has 0 unspecified atom stereocenters. The molecule has 4 rings (SSSR count). The molecule has 1 aromatic carbocycles. The summed E-state index contributed by atoms with van der Waals surface area (Å²) in [6, 6.07) is 7.68. The Bertz CT molecular complexity index is 968. The molecule has 1 N–H and O–H groups in total. The number of aromatic nitrogens is 2. The number of fused-ring (bicyclic) bond motifs is 3. The van der Waals surface area contributed by atoms with Crippen LogP contribution in [0.5, 0.6) is 5.75 Å². The molecule has 3 aromatic rings. The van der Waals surface area contributed by atoms with E-state index >= 15 is 0 Å². The fraction of sp³-hybridized carbons (Fsp3) is 0.350. The molecule has 1 aliphatic rings. The molecule has 0 radical (unpaired) electrons. The lowest BCUT2D eigenvalue weighted by Gasteiger charge is -2.27. The van der Waals surface area contributed by atoms with Crippen LogP contribution in [-0.4, -0.2) is 41.0 Å². The number of anilines is 1. The van der Waals surface area contributed by atoms with Crippen LogP contribution in [0.2, 0.25) is 0 Å². The van der Waals surface area contributed by atoms with Crippen LogP contribution in [-0.2, 0) is 24.2 Å². The second-order valence-corrected chi connectivity index (χ2v) is 7.61. The molecule has 0 saturated carbocycles. The Morgan fingerprint density at radius 3 is 2.85 bits per heavy atom.